The van der Waals surface area contributed by atoms with Crippen molar-refractivity contribution in [3.8, 4) is 0 Å². The van der Waals surface area contributed by atoms with Crippen LogP contribution in [0.3, 0.4) is 0 Å². The highest BCUT2D eigenvalue weighted by Crippen LogP contribution is 2.56. The Kier molecular flexibility index (Phi) is 6.87. The van der Waals surface area contributed by atoms with Gasteiger partial charge >= 0.3 is 7.60 Å². The van der Waals surface area contributed by atoms with E-state index in [1.54, 1.807) is 27.7 Å². The Morgan fingerprint density at radius 2 is 1.53 bits per heavy atom. The molecule has 1 unspecified atom stereocenters. The van der Waals surface area contributed by atoms with E-state index in [0.717, 1.165) is 6.26 Å². The molecule has 0 heterocycles. The number of hydrogen-bond acceptors (Lipinski definition) is 6. The van der Waals surface area contributed by atoms with Crippen LogP contribution >= 0.6 is 7.60 Å². The maximum atomic E-state index is 12.4. The van der Waals surface area contributed by atoms with Crippen molar-refractivity contribution in [2.75, 3.05) is 19.5 Å². The molecule has 0 aromatic carbocycles. The van der Waals surface area contributed by atoms with Gasteiger partial charge in [-0.15, -0.1) is 0 Å². The van der Waals surface area contributed by atoms with Crippen molar-refractivity contribution in [2.45, 2.75) is 33.5 Å². The summed E-state index contributed by atoms with van der Waals surface area (Å²) in [5.74, 6) is -1.42. The molecule has 0 N–H and O–H groups in total. The highest BCUT2D eigenvalue weighted by molar-refractivity contribution is 7.86. The summed E-state index contributed by atoms with van der Waals surface area (Å²) in [5.41, 5.74) is 0. The highest BCUT2D eigenvalue weighted by atomic mass is 32.2. The van der Waals surface area contributed by atoms with Gasteiger partial charge in [0.1, 0.15) is 0 Å². The summed E-state index contributed by atoms with van der Waals surface area (Å²) in [7, 11) is -7.30. The van der Waals surface area contributed by atoms with Crippen molar-refractivity contribution in [3.63, 3.8) is 0 Å². The molecule has 0 aromatic rings. The van der Waals surface area contributed by atoms with Gasteiger partial charge in [0.2, 0.25) is 0 Å². The maximum Gasteiger partial charge on any atom is 0.360 e. The normalized spacial score (nSPS) is 15.2. The molecule has 8 heteroatoms. The largest absolute Gasteiger partial charge is 0.360 e. The number of hydrogen-bond donors (Lipinski definition) is 0. The van der Waals surface area contributed by atoms with Gasteiger partial charge < -0.3 is 9.05 Å². The van der Waals surface area contributed by atoms with Crippen LogP contribution in [0.1, 0.15) is 27.7 Å². The smallest absolute Gasteiger partial charge is 0.307 e. The van der Waals surface area contributed by atoms with Gasteiger partial charge in [-0.3, -0.25) is 8.75 Å². The van der Waals surface area contributed by atoms with Crippen LogP contribution in [0.2, 0.25) is 0 Å². The van der Waals surface area contributed by atoms with Crippen molar-refractivity contribution in [1.29, 1.82) is 0 Å². The Morgan fingerprint density at radius 1 is 1.12 bits per heavy atom. The van der Waals surface area contributed by atoms with Crippen LogP contribution in [0.15, 0.2) is 0 Å². The summed E-state index contributed by atoms with van der Waals surface area (Å²) in [5, 5.41) is 0. The Hall–Kier alpha value is 0.0600. The molecule has 0 aromatic heterocycles. The van der Waals surface area contributed by atoms with E-state index >= 15 is 0 Å². The summed E-state index contributed by atoms with van der Waals surface area (Å²) in [4.78, 5) is 0. The molecule has 0 fully saturated rings. The average Bonchev–Trinajstić information content (AvgIpc) is 2.13. The Labute approximate surface area is 103 Å². The molecule has 0 aliphatic carbocycles. The van der Waals surface area contributed by atoms with Gasteiger partial charge in [-0.1, -0.05) is 13.8 Å². The predicted molar refractivity (Wildman–Crippen MR) is 65.4 cm³/mol. The summed E-state index contributed by atoms with van der Waals surface area (Å²) < 4.78 is 49.7. The lowest BCUT2D eigenvalue weighted by atomic mass is 10.2. The molecule has 0 saturated heterocycles. The molecule has 0 rings (SSSR count). The van der Waals surface area contributed by atoms with Crippen LogP contribution in [-0.2, 0) is 27.9 Å². The Morgan fingerprint density at radius 3 is 1.76 bits per heavy atom. The van der Waals surface area contributed by atoms with E-state index in [2.05, 4.69) is 0 Å². The first-order valence-electron chi connectivity index (χ1n) is 5.43. The lowest BCUT2D eigenvalue weighted by molar-refractivity contribution is 0.142. The summed E-state index contributed by atoms with van der Waals surface area (Å²) in [6, 6.07) is 0. The fourth-order valence-electron chi connectivity index (χ4n) is 1.25. The van der Waals surface area contributed by atoms with Crippen molar-refractivity contribution < 1.29 is 26.2 Å². The molecule has 0 spiro atoms. The standard InChI is InChI=1S/C9H21O6PS/c1-6-13-16(10,14-7-2)9(8(3)4)15-17(5,11)12/h8-9H,6-7H2,1-5H3. The van der Waals surface area contributed by atoms with E-state index in [9.17, 15) is 13.0 Å². The van der Waals surface area contributed by atoms with E-state index in [-0.39, 0.29) is 19.1 Å². The second-order valence-corrected chi connectivity index (χ2v) is 7.52. The van der Waals surface area contributed by atoms with Gasteiger partial charge in [-0.25, -0.2) is 0 Å². The zero-order chi connectivity index (χ0) is 13.7. The summed E-state index contributed by atoms with van der Waals surface area (Å²) in [6.45, 7) is 7.02. The zero-order valence-corrected chi connectivity index (χ0v) is 12.6. The SMILES string of the molecule is CCOP(=O)(OCC)C(OS(C)(=O)=O)C(C)C. The van der Waals surface area contributed by atoms with Crippen molar-refractivity contribution in [2.24, 2.45) is 5.92 Å². The molecular weight excluding hydrogens is 267 g/mol. The monoisotopic (exact) mass is 288 g/mol. The zero-order valence-electron chi connectivity index (χ0n) is 10.9. The molecule has 17 heavy (non-hydrogen) atoms. The maximum absolute atomic E-state index is 12.4. The van der Waals surface area contributed by atoms with Crippen molar-refractivity contribution >= 4 is 17.7 Å². The Bertz CT molecular complexity index is 354. The molecular formula is C9H21O6PS. The lowest BCUT2D eigenvalue weighted by Gasteiger charge is -2.27. The van der Waals surface area contributed by atoms with Crippen LogP contribution < -0.4 is 0 Å². The van der Waals surface area contributed by atoms with Crippen LogP contribution in [0, 0.1) is 5.92 Å². The first kappa shape index (κ1) is 17.1. The van der Waals surface area contributed by atoms with Gasteiger partial charge in [0.05, 0.1) is 19.5 Å². The summed E-state index contributed by atoms with van der Waals surface area (Å²) >= 11 is 0. The van der Waals surface area contributed by atoms with Gasteiger partial charge in [0.15, 0.2) is 5.85 Å². The Balaban J connectivity index is 5.17. The molecule has 0 bridgehead atoms. The van der Waals surface area contributed by atoms with Gasteiger partial charge in [0, 0.05) is 0 Å². The molecule has 104 valence electrons. The van der Waals surface area contributed by atoms with Crippen molar-refractivity contribution in [1.82, 2.24) is 0 Å². The van der Waals surface area contributed by atoms with E-state index < -0.39 is 23.6 Å². The quantitative estimate of drug-likeness (QED) is 0.503. The van der Waals surface area contributed by atoms with E-state index in [4.69, 9.17) is 13.2 Å². The van der Waals surface area contributed by atoms with Crippen LogP contribution in [0.4, 0.5) is 0 Å². The molecule has 0 saturated carbocycles. The van der Waals surface area contributed by atoms with E-state index in [0.29, 0.717) is 0 Å². The second-order valence-electron chi connectivity index (χ2n) is 3.81. The van der Waals surface area contributed by atoms with E-state index in [1.165, 1.54) is 0 Å². The fraction of sp³-hybridized carbons (Fsp3) is 1.00. The van der Waals surface area contributed by atoms with Gasteiger partial charge in [0.25, 0.3) is 10.1 Å². The third-order valence-corrected chi connectivity index (χ3v) is 5.03. The molecule has 0 aliphatic heterocycles. The molecule has 1 atom stereocenters. The third-order valence-electron chi connectivity index (χ3n) is 1.77. The van der Waals surface area contributed by atoms with Crippen LogP contribution in [0.5, 0.6) is 0 Å². The fourth-order valence-corrected chi connectivity index (χ4v) is 4.54. The first-order valence-corrected chi connectivity index (χ1v) is 8.86. The van der Waals surface area contributed by atoms with E-state index in [1.807, 2.05) is 0 Å². The summed E-state index contributed by atoms with van der Waals surface area (Å²) in [6.07, 6.45) is 0.907. The van der Waals surface area contributed by atoms with Gasteiger partial charge in [-0.05, 0) is 19.8 Å². The van der Waals surface area contributed by atoms with Crippen LogP contribution in [0.25, 0.3) is 0 Å². The van der Waals surface area contributed by atoms with Crippen LogP contribution in [-0.4, -0.2) is 33.7 Å². The number of rotatable bonds is 8. The second kappa shape index (κ2) is 6.85. The lowest BCUT2D eigenvalue weighted by Crippen LogP contribution is -2.25. The highest BCUT2D eigenvalue weighted by Gasteiger charge is 2.41. The average molecular weight is 288 g/mol. The predicted octanol–water partition coefficient (Wildman–Crippen LogP) is 2.21. The molecule has 0 radical (unpaired) electrons. The minimum atomic E-state index is -3.72. The molecule has 0 amide bonds. The van der Waals surface area contributed by atoms with Gasteiger partial charge in [-0.2, -0.15) is 8.42 Å². The minimum Gasteiger partial charge on any atom is -0.307 e. The minimum absolute atomic E-state index is 0.160. The van der Waals surface area contributed by atoms with Crippen molar-refractivity contribution in [3.05, 3.63) is 0 Å². The first-order chi connectivity index (χ1) is 7.66. The molecule has 6 nitrogen and oxygen atoms in total. The third kappa shape index (κ3) is 5.97. The molecule has 0 aliphatic rings. The topological polar surface area (TPSA) is 78.9 Å².